The van der Waals surface area contributed by atoms with Gasteiger partial charge in [0, 0.05) is 39.3 Å². The van der Waals surface area contributed by atoms with Crippen LogP contribution in [-0.4, -0.2) is 47.8 Å². The minimum Gasteiger partial charge on any atom is -0.331 e. The minimum absolute atomic E-state index is 0.127. The molecule has 0 aliphatic heterocycles. The average Bonchev–Trinajstić information content (AvgIpc) is 2.42. The fourth-order valence-electron chi connectivity index (χ4n) is 1.46. The zero-order valence-corrected chi connectivity index (χ0v) is 11.7. The van der Waals surface area contributed by atoms with Gasteiger partial charge in [0.2, 0.25) is 5.91 Å². The van der Waals surface area contributed by atoms with Crippen molar-refractivity contribution >= 4 is 11.8 Å². The number of hydrogen-bond acceptors (Lipinski definition) is 4. The molecule has 0 bridgehead atoms. The third-order valence-electron chi connectivity index (χ3n) is 2.40. The molecule has 108 valence electrons. The van der Waals surface area contributed by atoms with Crippen molar-refractivity contribution in [3.63, 3.8) is 0 Å². The monoisotopic (exact) mass is 276 g/mol. The number of rotatable bonds is 8. The van der Waals surface area contributed by atoms with Crippen LogP contribution in [0.3, 0.4) is 0 Å². The van der Waals surface area contributed by atoms with Gasteiger partial charge in [-0.05, 0) is 0 Å². The molecule has 0 aromatic heterocycles. The molecule has 0 aliphatic rings. The average molecular weight is 276 g/mol. The van der Waals surface area contributed by atoms with Gasteiger partial charge >= 0.3 is 0 Å². The Morgan fingerprint density at radius 1 is 1.30 bits per heavy atom. The van der Waals surface area contributed by atoms with Gasteiger partial charge in [-0.15, -0.1) is 13.2 Å². The lowest BCUT2D eigenvalue weighted by Crippen LogP contribution is -2.34. The second-order valence-electron chi connectivity index (χ2n) is 3.94. The second-order valence-corrected chi connectivity index (χ2v) is 3.94. The molecular formula is C14H20N4O2. The first kappa shape index (κ1) is 17.6. The van der Waals surface area contributed by atoms with Gasteiger partial charge in [-0.2, -0.15) is 5.26 Å². The number of carbonyl (C=O) groups excluding carboxylic acids is 2. The number of nitrogens with zero attached hydrogens (tertiary/aromatic N) is 3. The van der Waals surface area contributed by atoms with Gasteiger partial charge in [0.05, 0.1) is 0 Å². The van der Waals surface area contributed by atoms with Crippen molar-refractivity contribution in [2.24, 2.45) is 5.73 Å². The van der Waals surface area contributed by atoms with E-state index in [-0.39, 0.29) is 24.6 Å². The summed E-state index contributed by atoms with van der Waals surface area (Å²) in [5.41, 5.74) is 5.26. The summed E-state index contributed by atoms with van der Waals surface area (Å²) in [6, 6.07) is 1.81. The smallest absolute Gasteiger partial charge is 0.266 e. The van der Waals surface area contributed by atoms with Crippen LogP contribution in [0.25, 0.3) is 0 Å². The topological polar surface area (TPSA) is 90.4 Å². The normalized spacial score (nSPS) is 10.3. The van der Waals surface area contributed by atoms with Gasteiger partial charge in [0.15, 0.2) is 0 Å². The zero-order chi connectivity index (χ0) is 15.5. The molecule has 6 nitrogen and oxygen atoms in total. The summed E-state index contributed by atoms with van der Waals surface area (Å²) in [7, 11) is 0. The van der Waals surface area contributed by atoms with Crippen molar-refractivity contribution in [3.8, 4) is 6.07 Å². The first-order chi connectivity index (χ1) is 9.51. The van der Waals surface area contributed by atoms with E-state index < -0.39 is 5.91 Å². The Hall–Kier alpha value is -2.39. The Morgan fingerprint density at radius 3 is 2.20 bits per heavy atom. The molecule has 0 rings (SSSR count). The Bertz CT molecular complexity index is 439. The van der Waals surface area contributed by atoms with E-state index in [1.54, 1.807) is 12.2 Å². The van der Waals surface area contributed by atoms with Crippen molar-refractivity contribution in [1.82, 2.24) is 9.80 Å². The Balaban J connectivity index is 5.26. The molecule has 0 spiro atoms. The van der Waals surface area contributed by atoms with Crippen LogP contribution in [0, 0.1) is 11.3 Å². The van der Waals surface area contributed by atoms with E-state index >= 15 is 0 Å². The fourth-order valence-corrected chi connectivity index (χ4v) is 1.46. The van der Waals surface area contributed by atoms with Gasteiger partial charge < -0.3 is 15.5 Å². The van der Waals surface area contributed by atoms with Crippen LogP contribution in [0.5, 0.6) is 0 Å². The SMILES string of the molecule is C=CCN(CC=C)C(=O)/C(C#N)=C\N(CCN)C(C)=O. The van der Waals surface area contributed by atoms with Crippen molar-refractivity contribution < 1.29 is 9.59 Å². The zero-order valence-electron chi connectivity index (χ0n) is 11.7. The summed E-state index contributed by atoms with van der Waals surface area (Å²) >= 11 is 0. The molecule has 6 heteroatoms. The number of carbonyl (C=O) groups is 2. The van der Waals surface area contributed by atoms with Crippen LogP contribution in [-0.2, 0) is 9.59 Å². The standard InChI is InChI=1S/C14H20N4O2/c1-4-7-17(8-5-2)14(20)13(10-16)11-18(9-6-15)12(3)19/h4-5,11H,1-2,6-9,15H2,3H3/b13-11-. The predicted octanol–water partition coefficient (Wildman–Crippen LogP) is 0.402. The van der Waals surface area contributed by atoms with Crippen LogP contribution in [0.15, 0.2) is 37.1 Å². The molecule has 0 aliphatic carbocycles. The van der Waals surface area contributed by atoms with E-state index in [2.05, 4.69) is 13.2 Å². The first-order valence-corrected chi connectivity index (χ1v) is 6.12. The van der Waals surface area contributed by atoms with E-state index in [1.165, 1.54) is 22.9 Å². The van der Waals surface area contributed by atoms with E-state index in [0.29, 0.717) is 13.1 Å². The molecule has 0 unspecified atom stereocenters. The summed E-state index contributed by atoms with van der Waals surface area (Å²) in [4.78, 5) is 26.2. The highest BCUT2D eigenvalue weighted by molar-refractivity contribution is 5.97. The highest BCUT2D eigenvalue weighted by Crippen LogP contribution is 2.05. The van der Waals surface area contributed by atoms with Crippen LogP contribution in [0.2, 0.25) is 0 Å². The quantitative estimate of drug-likeness (QED) is 0.395. The van der Waals surface area contributed by atoms with Gasteiger partial charge in [-0.3, -0.25) is 9.59 Å². The summed E-state index contributed by atoms with van der Waals surface area (Å²) < 4.78 is 0. The third kappa shape index (κ3) is 5.50. The summed E-state index contributed by atoms with van der Waals surface area (Å²) in [5, 5.41) is 9.09. The van der Waals surface area contributed by atoms with Gasteiger partial charge in [-0.1, -0.05) is 12.2 Å². The minimum atomic E-state index is -0.476. The molecule has 2 N–H and O–H groups in total. The van der Waals surface area contributed by atoms with Crippen LogP contribution in [0.1, 0.15) is 6.92 Å². The number of nitriles is 1. The van der Waals surface area contributed by atoms with E-state index in [9.17, 15) is 9.59 Å². The molecular weight excluding hydrogens is 256 g/mol. The summed E-state index contributed by atoms with van der Waals surface area (Å²) in [6.45, 7) is 9.53. The van der Waals surface area contributed by atoms with Crippen molar-refractivity contribution in [2.75, 3.05) is 26.2 Å². The summed E-state index contributed by atoms with van der Waals surface area (Å²) in [5.74, 6) is -0.759. The van der Waals surface area contributed by atoms with E-state index in [4.69, 9.17) is 11.0 Å². The summed E-state index contributed by atoms with van der Waals surface area (Å²) in [6.07, 6.45) is 4.34. The molecule has 0 saturated heterocycles. The van der Waals surface area contributed by atoms with Crippen molar-refractivity contribution in [1.29, 1.82) is 5.26 Å². The number of hydrogen-bond donors (Lipinski definition) is 1. The van der Waals surface area contributed by atoms with Gasteiger partial charge in [0.25, 0.3) is 5.91 Å². The lowest BCUT2D eigenvalue weighted by atomic mass is 10.2. The highest BCUT2D eigenvalue weighted by Gasteiger charge is 2.18. The Labute approximate surface area is 119 Å². The highest BCUT2D eigenvalue weighted by atomic mass is 16.2. The predicted molar refractivity (Wildman–Crippen MR) is 77.1 cm³/mol. The molecule has 2 amide bonds. The molecule has 0 heterocycles. The second kappa shape index (κ2) is 9.53. The van der Waals surface area contributed by atoms with Crippen LogP contribution >= 0.6 is 0 Å². The molecule has 0 fully saturated rings. The lowest BCUT2D eigenvalue weighted by molar-refractivity contribution is -0.126. The maximum atomic E-state index is 12.2. The van der Waals surface area contributed by atoms with Gasteiger partial charge in [0.1, 0.15) is 11.6 Å². The maximum Gasteiger partial charge on any atom is 0.266 e. The largest absolute Gasteiger partial charge is 0.331 e. The number of nitrogens with two attached hydrogens (primary N) is 1. The maximum absolute atomic E-state index is 12.2. The molecule has 0 aromatic rings. The lowest BCUT2D eigenvalue weighted by Gasteiger charge is -2.20. The third-order valence-corrected chi connectivity index (χ3v) is 2.40. The van der Waals surface area contributed by atoms with Crippen molar-refractivity contribution in [3.05, 3.63) is 37.1 Å². The van der Waals surface area contributed by atoms with Crippen LogP contribution < -0.4 is 5.73 Å². The Morgan fingerprint density at radius 2 is 1.85 bits per heavy atom. The number of amides is 2. The first-order valence-electron chi connectivity index (χ1n) is 6.12. The molecule has 0 saturated carbocycles. The van der Waals surface area contributed by atoms with Crippen molar-refractivity contribution in [2.45, 2.75) is 6.92 Å². The van der Waals surface area contributed by atoms with Crippen LogP contribution in [0.4, 0.5) is 0 Å². The molecule has 0 atom stereocenters. The van der Waals surface area contributed by atoms with Gasteiger partial charge in [-0.25, -0.2) is 0 Å². The fraction of sp³-hybridized carbons (Fsp3) is 0.357. The Kier molecular flexibility index (Phi) is 8.39. The van der Waals surface area contributed by atoms with E-state index in [0.717, 1.165) is 0 Å². The van der Waals surface area contributed by atoms with E-state index in [1.807, 2.05) is 6.07 Å². The molecule has 20 heavy (non-hydrogen) atoms. The molecule has 0 aromatic carbocycles. The molecule has 0 radical (unpaired) electrons.